The molecule has 0 aromatic heterocycles. The van der Waals surface area contributed by atoms with Crippen LogP contribution in [0.25, 0.3) is 0 Å². The monoisotopic (exact) mass is 207 g/mol. The first-order valence-electron chi connectivity index (χ1n) is 4.82. The van der Waals surface area contributed by atoms with Gasteiger partial charge in [0.05, 0.1) is 6.61 Å². The molecule has 0 aliphatic carbocycles. The van der Waals surface area contributed by atoms with Gasteiger partial charge in [0.15, 0.2) is 0 Å². The van der Waals surface area contributed by atoms with Gasteiger partial charge >= 0.3 is 6.09 Å². The van der Waals surface area contributed by atoms with E-state index >= 15 is 0 Å². The summed E-state index contributed by atoms with van der Waals surface area (Å²) in [4.78, 5) is 11.1. The Morgan fingerprint density at radius 3 is 2.46 bits per heavy atom. The normalized spacial score (nSPS) is 9.77. The van der Waals surface area contributed by atoms with Gasteiger partial charge in [0.1, 0.15) is 0 Å². The van der Waals surface area contributed by atoms with Crippen molar-refractivity contribution in [3.63, 3.8) is 0 Å². The van der Waals surface area contributed by atoms with Crippen LogP contribution in [0.3, 0.4) is 0 Å². The lowest BCUT2D eigenvalue weighted by Gasteiger charge is -2.12. The van der Waals surface area contributed by atoms with E-state index in [0.717, 1.165) is 30.1 Å². The van der Waals surface area contributed by atoms with Crippen LogP contribution in [0, 0.1) is 0 Å². The maximum atomic E-state index is 11.1. The van der Waals surface area contributed by atoms with Crippen LogP contribution >= 0.6 is 11.8 Å². The largest absolute Gasteiger partial charge is 0.449 e. The number of halogens is 1. The van der Waals surface area contributed by atoms with Crippen molar-refractivity contribution in [1.29, 1.82) is 0 Å². The molecule has 0 heterocycles. The van der Waals surface area contributed by atoms with Crippen molar-refractivity contribution < 1.29 is 9.53 Å². The van der Waals surface area contributed by atoms with E-state index < -0.39 is 6.09 Å². The molecular formula is C9H18ClNO2. The number of rotatable bonds is 6. The fourth-order valence-corrected chi connectivity index (χ4v) is 0.930. The van der Waals surface area contributed by atoms with Crippen LogP contribution in [0.5, 0.6) is 0 Å². The molecule has 0 aromatic carbocycles. The molecule has 0 atom stereocenters. The van der Waals surface area contributed by atoms with Gasteiger partial charge in [-0.1, -0.05) is 26.7 Å². The second-order valence-corrected chi connectivity index (χ2v) is 3.32. The number of carbonyl (C=O) groups is 1. The first-order valence-corrected chi connectivity index (χ1v) is 5.16. The third-order valence-electron chi connectivity index (χ3n) is 1.63. The zero-order valence-corrected chi connectivity index (χ0v) is 9.14. The summed E-state index contributed by atoms with van der Waals surface area (Å²) in [5, 5.41) is 0. The highest BCUT2D eigenvalue weighted by atomic mass is 35.5. The maximum Gasteiger partial charge on any atom is 0.424 e. The summed E-state index contributed by atoms with van der Waals surface area (Å²) in [5.41, 5.74) is 0. The SMILES string of the molecule is CCCCOC(=O)N(Cl)CCCC. The molecular weight excluding hydrogens is 190 g/mol. The summed E-state index contributed by atoms with van der Waals surface area (Å²) < 4.78 is 6.01. The molecule has 0 rings (SSSR count). The minimum Gasteiger partial charge on any atom is -0.449 e. The van der Waals surface area contributed by atoms with E-state index in [4.69, 9.17) is 16.5 Å². The zero-order chi connectivity index (χ0) is 10.1. The molecule has 13 heavy (non-hydrogen) atoms. The summed E-state index contributed by atoms with van der Waals surface area (Å²) in [6.45, 7) is 5.12. The number of carbonyl (C=O) groups excluding carboxylic acids is 1. The molecule has 0 radical (unpaired) electrons. The van der Waals surface area contributed by atoms with E-state index in [1.807, 2.05) is 13.8 Å². The van der Waals surface area contributed by atoms with Crippen LogP contribution in [0.2, 0.25) is 0 Å². The van der Waals surface area contributed by atoms with E-state index in [0.29, 0.717) is 13.2 Å². The highest BCUT2D eigenvalue weighted by molar-refractivity contribution is 6.20. The van der Waals surface area contributed by atoms with Gasteiger partial charge in [-0.2, -0.15) is 0 Å². The van der Waals surface area contributed by atoms with Gasteiger partial charge in [0.2, 0.25) is 0 Å². The quantitative estimate of drug-likeness (QED) is 0.495. The molecule has 0 bridgehead atoms. The van der Waals surface area contributed by atoms with Gasteiger partial charge in [-0.3, -0.25) is 0 Å². The molecule has 0 aliphatic rings. The Balaban J connectivity index is 3.45. The summed E-state index contributed by atoms with van der Waals surface area (Å²) in [7, 11) is 0. The predicted molar refractivity (Wildman–Crippen MR) is 53.7 cm³/mol. The molecule has 0 N–H and O–H groups in total. The van der Waals surface area contributed by atoms with Crippen LogP contribution in [0.4, 0.5) is 4.79 Å². The Bertz CT molecular complexity index is 142. The van der Waals surface area contributed by atoms with E-state index in [-0.39, 0.29) is 0 Å². The average molecular weight is 208 g/mol. The number of amides is 1. The van der Waals surface area contributed by atoms with Crippen molar-refractivity contribution in [3.8, 4) is 0 Å². The standard InChI is InChI=1S/C9H18ClNO2/c1-3-5-7-11(10)9(12)13-8-6-4-2/h3-8H2,1-2H3. The third kappa shape index (κ3) is 6.70. The van der Waals surface area contributed by atoms with Crippen molar-refractivity contribution >= 4 is 17.9 Å². The first-order chi connectivity index (χ1) is 6.22. The number of ether oxygens (including phenoxy) is 1. The van der Waals surface area contributed by atoms with Gasteiger partial charge in [0.25, 0.3) is 0 Å². The van der Waals surface area contributed by atoms with Gasteiger partial charge in [0, 0.05) is 18.3 Å². The second kappa shape index (κ2) is 8.17. The number of hydrogen-bond acceptors (Lipinski definition) is 2. The predicted octanol–water partition coefficient (Wildman–Crippen LogP) is 3.18. The Kier molecular flexibility index (Phi) is 7.90. The lowest BCUT2D eigenvalue weighted by Crippen LogP contribution is -2.23. The zero-order valence-electron chi connectivity index (χ0n) is 8.38. The maximum absolute atomic E-state index is 11.1. The minimum absolute atomic E-state index is 0.427. The van der Waals surface area contributed by atoms with Crippen LogP contribution in [0.15, 0.2) is 0 Å². The summed E-state index contributed by atoms with van der Waals surface area (Å²) >= 11 is 5.65. The molecule has 0 fully saturated rings. The lowest BCUT2D eigenvalue weighted by molar-refractivity contribution is 0.124. The van der Waals surface area contributed by atoms with E-state index in [9.17, 15) is 4.79 Å². The highest BCUT2D eigenvalue weighted by Crippen LogP contribution is 2.02. The van der Waals surface area contributed by atoms with Crippen molar-refractivity contribution in [2.45, 2.75) is 39.5 Å². The third-order valence-corrected chi connectivity index (χ3v) is 1.94. The Hall–Kier alpha value is -0.440. The van der Waals surface area contributed by atoms with Crippen LogP contribution in [-0.2, 0) is 4.74 Å². The molecule has 0 aliphatic heterocycles. The van der Waals surface area contributed by atoms with Crippen molar-refractivity contribution in [3.05, 3.63) is 0 Å². The van der Waals surface area contributed by atoms with E-state index in [2.05, 4.69) is 0 Å². The topological polar surface area (TPSA) is 29.5 Å². The molecule has 0 saturated heterocycles. The molecule has 0 aromatic rings. The molecule has 4 heteroatoms. The van der Waals surface area contributed by atoms with E-state index in [1.165, 1.54) is 0 Å². The highest BCUT2D eigenvalue weighted by Gasteiger charge is 2.10. The van der Waals surface area contributed by atoms with Crippen molar-refractivity contribution in [2.75, 3.05) is 13.2 Å². The van der Waals surface area contributed by atoms with E-state index in [1.54, 1.807) is 0 Å². The smallest absolute Gasteiger partial charge is 0.424 e. The van der Waals surface area contributed by atoms with Gasteiger partial charge in [-0.05, 0) is 12.8 Å². The van der Waals surface area contributed by atoms with Crippen molar-refractivity contribution in [1.82, 2.24) is 4.42 Å². The summed E-state index contributed by atoms with van der Waals surface area (Å²) in [6, 6.07) is 0. The fraction of sp³-hybridized carbons (Fsp3) is 0.889. The molecule has 3 nitrogen and oxygen atoms in total. The van der Waals surface area contributed by atoms with Crippen molar-refractivity contribution in [2.24, 2.45) is 0 Å². The van der Waals surface area contributed by atoms with Crippen LogP contribution in [0.1, 0.15) is 39.5 Å². The summed E-state index contributed by atoms with van der Waals surface area (Å²) in [5.74, 6) is 0. The van der Waals surface area contributed by atoms with Crippen LogP contribution in [-0.4, -0.2) is 23.7 Å². The molecule has 0 saturated carbocycles. The Labute approximate surface area is 85.1 Å². The second-order valence-electron chi connectivity index (χ2n) is 2.91. The molecule has 0 spiro atoms. The van der Waals surface area contributed by atoms with Gasteiger partial charge < -0.3 is 4.74 Å². The number of unbranched alkanes of at least 4 members (excludes halogenated alkanes) is 2. The first kappa shape index (κ1) is 12.6. The van der Waals surface area contributed by atoms with Gasteiger partial charge in [-0.15, -0.1) is 0 Å². The Morgan fingerprint density at radius 2 is 1.92 bits per heavy atom. The lowest BCUT2D eigenvalue weighted by atomic mass is 10.3. The van der Waals surface area contributed by atoms with Crippen LogP contribution < -0.4 is 0 Å². The average Bonchev–Trinajstić information content (AvgIpc) is 2.14. The Morgan fingerprint density at radius 1 is 1.31 bits per heavy atom. The molecule has 78 valence electrons. The minimum atomic E-state index is -0.427. The summed E-state index contributed by atoms with van der Waals surface area (Å²) in [6.07, 6.45) is 3.41. The fourth-order valence-electron chi connectivity index (χ4n) is 0.762. The molecule has 1 amide bonds. The van der Waals surface area contributed by atoms with Gasteiger partial charge in [-0.25, -0.2) is 9.21 Å². The molecule has 0 unspecified atom stereocenters. The number of nitrogens with zero attached hydrogens (tertiary/aromatic N) is 1. The number of hydrogen-bond donors (Lipinski definition) is 0.